The van der Waals surface area contributed by atoms with Crippen LogP contribution in [-0.4, -0.2) is 4.57 Å². The van der Waals surface area contributed by atoms with Crippen molar-refractivity contribution in [2.75, 3.05) is 0 Å². The molecule has 0 spiro atoms. The highest BCUT2D eigenvalue weighted by Gasteiger charge is 2.47. The van der Waals surface area contributed by atoms with Crippen LogP contribution in [0.5, 0.6) is 0 Å². The zero-order chi connectivity index (χ0) is 28.3. The molecule has 4 aromatic carbocycles. The highest BCUT2D eigenvalue weighted by Crippen LogP contribution is 2.57. The number of allylic oxidation sites excluding steroid dienone is 4. The smallest absolute Gasteiger partial charge is 0.0991 e. The molecule has 0 aliphatic heterocycles. The maximum Gasteiger partial charge on any atom is 0.0991 e. The first-order chi connectivity index (χ1) is 20.7. The van der Waals surface area contributed by atoms with Crippen molar-refractivity contribution in [2.45, 2.75) is 31.6 Å². The highest BCUT2D eigenvalue weighted by molar-refractivity contribution is 5.89. The van der Waals surface area contributed by atoms with Crippen LogP contribution >= 0.6 is 0 Å². The van der Waals surface area contributed by atoms with E-state index >= 15 is 0 Å². The zero-order valence-corrected chi connectivity index (χ0v) is 23.6. The van der Waals surface area contributed by atoms with E-state index in [0.29, 0.717) is 5.56 Å². The number of fused-ring (bicyclic) bond motifs is 6. The first-order valence-corrected chi connectivity index (χ1v) is 14.8. The van der Waals surface area contributed by atoms with Crippen LogP contribution in [0.1, 0.15) is 56.8 Å². The molecule has 200 valence electrons. The average Bonchev–Trinajstić information content (AvgIpc) is 3.40. The molecule has 0 saturated carbocycles. The molecule has 0 amide bonds. The van der Waals surface area contributed by atoms with Crippen LogP contribution < -0.4 is 0 Å². The van der Waals surface area contributed by atoms with Crippen LogP contribution in [0, 0.1) is 18.3 Å². The summed E-state index contributed by atoms with van der Waals surface area (Å²) < 4.78 is 2.47. The molecule has 8 rings (SSSR count). The van der Waals surface area contributed by atoms with Crippen molar-refractivity contribution in [3.63, 3.8) is 0 Å². The number of nitrogens with zero attached hydrogens (tertiary/aromatic N) is 2. The normalized spacial score (nSPS) is 17.9. The van der Waals surface area contributed by atoms with Gasteiger partial charge in [0.05, 0.1) is 17.0 Å². The van der Waals surface area contributed by atoms with E-state index in [1.54, 1.807) is 0 Å². The molecule has 1 heterocycles. The highest BCUT2D eigenvalue weighted by atomic mass is 15.0. The van der Waals surface area contributed by atoms with Gasteiger partial charge in [-0.25, -0.2) is 0 Å². The Kier molecular flexibility index (Phi) is 5.56. The molecule has 1 aromatic heterocycles. The van der Waals surface area contributed by atoms with Crippen LogP contribution in [0.3, 0.4) is 0 Å². The van der Waals surface area contributed by atoms with Gasteiger partial charge in [0, 0.05) is 29.1 Å². The molecule has 2 heteroatoms. The van der Waals surface area contributed by atoms with E-state index in [0.717, 1.165) is 24.8 Å². The maximum atomic E-state index is 9.82. The summed E-state index contributed by atoms with van der Waals surface area (Å²) in [6, 6.07) is 37.2. The molecule has 3 aliphatic carbocycles. The van der Waals surface area contributed by atoms with Gasteiger partial charge in [-0.1, -0.05) is 96.6 Å². The van der Waals surface area contributed by atoms with Gasteiger partial charge in [-0.15, -0.1) is 0 Å². The third-order valence-corrected chi connectivity index (χ3v) is 9.31. The van der Waals surface area contributed by atoms with Gasteiger partial charge in [0.25, 0.3) is 0 Å². The fraction of sp³-hybridized carbons (Fsp3) is 0.125. The van der Waals surface area contributed by atoms with E-state index < -0.39 is 5.41 Å². The average molecular weight is 539 g/mol. The molecule has 2 nitrogen and oxygen atoms in total. The second-order valence-electron chi connectivity index (χ2n) is 11.6. The third kappa shape index (κ3) is 3.44. The predicted molar refractivity (Wildman–Crippen MR) is 172 cm³/mol. The van der Waals surface area contributed by atoms with Crippen LogP contribution in [0.15, 0.2) is 121 Å². The zero-order valence-electron chi connectivity index (χ0n) is 23.6. The molecule has 0 bridgehead atoms. The molecular weight excluding hydrogens is 508 g/mol. The Balaban J connectivity index is 1.47. The van der Waals surface area contributed by atoms with E-state index in [4.69, 9.17) is 0 Å². The molecule has 0 N–H and O–H groups in total. The van der Waals surface area contributed by atoms with Crippen molar-refractivity contribution in [3.05, 3.63) is 171 Å². The number of rotatable bonds is 3. The Hall–Kier alpha value is -5.13. The van der Waals surface area contributed by atoms with Gasteiger partial charge in [-0.2, -0.15) is 5.26 Å². The second kappa shape index (κ2) is 9.47. The number of aromatic nitrogens is 1. The van der Waals surface area contributed by atoms with E-state index in [9.17, 15) is 5.26 Å². The molecule has 5 aromatic rings. The van der Waals surface area contributed by atoms with Crippen LogP contribution in [-0.2, 0) is 18.3 Å². The lowest BCUT2D eigenvalue weighted by atomic mass is 9.66. The fourth-order valence-electron chi connectivity index (χ4n) is 7.50. The van der Waals surface area contributed by atoms with Gasteiger partial charge >= 0.3 is 0 Å². The Morgan fingerprint density at radius 3 is 2.40 bits per heavy atom. The number of aryl methyl sites for hydroxylation is 1. The standard InChI is InChI=1S/C40H30N2/c1-27-18-21-29(22-19-27)40(36-15-7-5-13-32(36)34-24-28(26-41)20-23-37(34)40)30-10-9-17-39-35(25-30)33-14-6-8-16-38(33)42(39)31-11-3-2-4-12-31/h2-5,7-13,15-16,18-25H,6,14,17H2,1H3. The predicted octanol–water partition coefficient (Wildman–Crippen LogP) is 9.13. The second-order valence-corrected chi connectivity index (χ2v) is 11.6. The fourth-order valence-corrected chi connectivity index (χ4v) is 7.50. The summed E-state index contributed by atoms with van der Waals surface area (Å²) in [4.78, 5) is 0. The first-order valence-electron chi connectivity index (χ1n) is 14.8. The van der Waals surface area contributed by atoms with Crippen LogP contribution in [0.4, 0.5) is 0 Å². The summed E-state index contributed by atoms with van der Waals surface area (Å²) in [6.45, 7) is 2.15. The molecule has 1 unspecified atom stereocenters. The van der Waals surface area contributed by atoms with Crippen molar-refractivity contribution in [1.29, 1.82) is 5.26 Å². The summed E-state index contributed by atoms with van der Waals surface area (Å²) >= 11 is 0. The summed E-state index contributed by atoms with van der Waals surface area (Å²) in [5, 5.41) is 9.82. The van der Waals surface area contributed by atoms with Gasteiger partial charge in [-0.05, 0) is 95.1 Å². The maximum absolute atomic E-state index is 9.82. The first kappa shape index (κ1) is 24.6. The van der Waals surface area contributed by atoms with Crippen molar-refractivity contribution in [3.8, 4) is 22.9 Å². The minimum atomic E-state index is -0.502. The van der Waals surface area contributed by atoms with Crippen molar-refractivity contribution in [2.24, 2.45) is 0 Å². The summed E-state index contributed by atoms with van der Waals surface area (Å²) in [6.07, 6.45) is 14.8. The van der Waals surface area contributed by atoms with Gasteiger partial charge in [0.1, 0.15) is 0 Å². The van der Waals surface area contributed by atoms with Crippen molar-refractivity contribution >= 4 is 12.2 Å². The van der Waals surface area contributed by atoms with Gasteiger partial charge < -0.3 is 4.57 Å². The topological polar surface area (TPSA) is 28.7 Å². The molecule has 0 fully saturated rings. The number of nitriles is 1. The molecule has 0 radical (unpaired) electrons. The lowest BCUT2D eigenvalue weighted by molar-refractivity contribution is 0.771. The number of hydrogen-bond donors (Lipinski definition) is 0. The van der Waals surface area contributed by atoms with Gasteiger partial charge in [0.15, 0.2) is 0 Å². The Bertz CT molecular complexity index is 2010. The van der Waals surface area contributed by atoms with Crippen molar-refractivity contribution in [1.82, 2.24) is 4.57 Å². The molecule has 0 saturated heterocycles. The Morgan fingerprint density at radius 2 is 1.57 bits per heavy atom. The van der Waals surface area contributed by atoms with Gasteiger partial charge in [-0.3, -0.25) is 0 Å². The lowest BCUT2D eigenvalue weighted by Crippen LogP contribution is -2.29. The number of benzene rings is 4. The van der Waals surface area contributed by atoms with E-state index in [1.807, 2.05) is 6.07 Å². The van der Waals surface area contributed by atoms with Crippen LogP contribution in [0.25, 0.3) is 29.0 Å². The summed E-state index contributed by atoms with van der Waals surface area (Å²) in [5.74, 6) is 0. The monoisotopic (exact) mass is 538 g/mol. The molecular formula is C40H30N2. The Morgan fingerprint density at radius 1 is 0.786 bits per heavy atom. The minimum absolute atomic E-state index is 0.502. The largest absolute Gasteiger partial charge is 0.313 e. The van der Waals surface area contributed by atoms with E-state index in [2.05, 4.69) is 139 Å². The molecule has 3 aliphatic rings. The van der Waals surface area contributed by atoms with Crippen molar-refractivity contribution < 1.29 is 0 Å². The van der Waals surface area contributed by atoms with Gasteiger partial charge in [0.2, 0.25) is 0 Å². The molecule has 42 heavy (non-hydrogen) atoms. The Labute approximate surface area is 247 Å². The SMILES string of the molecule is Cc1ccc(C2(C3=Cc4c5c(n(-c6ccccc6)c4CC=C3)C=CCC5)c3ccccc3-c3cc(C#N)ccc32)cc1. The van der Waals surface area contributed by atoms with Crippen LogP contribution in [0.2, 0.25) is 0 Å². The summed E-state index contributed by atoms with van der Waals surface area (Å²) in [5.41, 5.74) is 15.5. The summed E-state index contributed by atoms with van der Waals surface area (Å²) in [7, 11) is 0. The minimum Gasteiger partial charge on any atom is -0.313 e. The molecule has 1 atom stereocenters. The number of hydrogen-bond acceptors (Lipinski definition) is 1. The number of para-hydroxylation sites is 1. The third-order valence-electron chi connectivity index (χ3n) is 9.31. The van der Waals surface area contributed by atoms with E-state index in [1.165, 1.54) is 61.6 Å². The van der Waals surface area contributed by atoms with E-state index in [-0.39, 0.29) is 0 Å². The lowest BCUT2D eigenvalue weighted by Gasteiger charge is -2.35. The quantitative estimate of drug-likeness (QED) is 0.225.